The SMILES string of the molecule is CN=C(NC)NCCCC(N)C(=O)NCCCCCCS. The summed E-state index contributed by atoms with van der Waals surface area (Å²) in [5, 5.41) is 8.96. The number of carbonyl (C=O) groups is 1. The van der Waals surface area contributed by atoms with Crippen molar-refractivity contribution in [2.75, 3.05) is 32.9 Å². The van der Waals surface area contributed by atoms with Gasteiger partial charge in [-0.2, -0.15) is 12.6 Å². The number of unbranched alkanes of at least 4 members (excludes halogenated alkanes) is 3. The first-order valence-electron chi connectivity index (χ1n) is 7.68. The highest BCUT2D eigenvalue weighted by Crippen LogP contribution is 2.00. The summed E-state index contributed by atoms with van der Waals surface area (Å²) < 4.78 is 0. The summed E-state index contributed by atoms with van der Waals surface area (Å²) in [4.78, 5) is 15.8. The van der Waals surface area contributed by atoms with Gasteiger partial charge in [-0.05, 0) is 31.4 Å². The number of nitrogens with one attached hydrogen (secondary N) is 3. The fourth-order valence-corrected chi connectivity index (χ4v) is 2.10. The van der Waals surface area contributed by atoms with Gasteiger partial charge in [-0.25, -0.2) is 0 Å². The molecule has 0 saturated carbocycles. The van der Waals surface area contributed by atoms with Crippen LogP contribution >= 0.6 is 12.6 Å². The summed E-state index contributed by atoms with van der Waals surface area (Å²) >= 11 is 4.17. The quantitative estimate of drug-likeness (QED) is 0.166. The molecule has 21 heavy (non-hydrogen) atoms. The second-order valence-electron chi connectivity index (χ2n) is 4.93. The Bertz CT molecular complexity index is 299. The molecule has 1 amide bonds. The highest BCUT2D eigenvalue weighted by atomic mass is 32.1. The van der Waals surface area contributed by atoms with Crippen LogP contribution in [0, 0.1) is 0 Å². The third kappa shape index (κ3) is 11.4. The molecule has 0 radical (unpaired) electrons. The third-order valence-corrected chi connectivity index (χ3v) is 3.48. The molecule has 5 N–H and O–H groups in total. The number of amides is 1. The summed E-state index contributed by atoms with van der Waals surface area (Å²) in [6.45, 7) is 1.46. The molecule has 7 heteroatoms. The molecule has 6 nitrogen and oxygen atoms in total. The van der Waals surface area contributed by atoms with Gasteiger partial charge in [-0.3, -0.25) is 9.79 Å². The van der Waals surface area contributed by atoms with Crippen molar-refractivity contribution in [3.63, 3.8) is 0 Å². The minimum Gasteiger partial charge on any atom is -0.359 e. The van der Waals surface area contributed by atoms with Gasteiger partial charge in [0.15, 0.2) is 5.96 Å². The lowest BCUT2D eigenvalue weighted by Gasteiger charge is -2.13. The predicted octanol–water partition coefficient (Wildman–Crippen LogP) is 0.495. The van der Waals surface area contributed by atoms with Crippen LogP contribution in [0.15, 0.2) is 4.99 Å². The third-order valence-electron chi connectivity index (χ3n) is 3.17. The van der Waals surface area contributed by atoms with Crippen molar-refractivity contribution in [2.45, 2.75) is 44.6 Å². The largest absolute Gasteiger partial charge is 0.359 e. The molecule has 0 saturated heterocycles. The zero-order valence-corrected chi connectivity index (χ0v) is 14.2. The Balaban J connectivity index is 3.57. The van der Waals surface area contributed by atoms with Crippen molar-refractivity contribution in [3.05, 3.63) is 0 Å². The smallest absolute Gasteiger partial charge is 0.236 e. The second-order valence-corrected chi connectivity index (χ2v) is 5.37. The van der Waals surface area contributed by atoms with Gasteiger partial charge < -0.3 is 21.7 Å². The number of nitrogens with two attached hydrogens (primary N) is 1. The molecular formula is C14H31N5OS. The molecule has 0 fully saturated rings. The molecule has 1 unspecified atom stereocenters. The molecular weight excluding hydrogens is 286 g/mol. The standard InChI is InChI=1S/C14H31N5OS/c1-16-14(17-2)19-10-7-8-12(15)13(20)18-9-5-3-4-6-11-21/h12,21H,3-11,15H2,1-2H3,(H,18,20)(H2,16,17,19). The number of nitrogens with zero attached hydrogens (tertiary/aromatic N) is 1. The van der Waals surface area contributed by atoms with Gasteiger partial charge in [0.25, 0.3) is 0 Å². The number of hydrogen-bond acceptors (Lipinski definition) is 4. The van der Waals surface area contributed by atoms with Crippen molar-refractivity contribution >= 4 is 24.5 Å². The second kappa shape index (κ2) is 14.0. The minimum atomic E-state index is -0.430. The van der Waals surface area contributed by atoms with Gasteiger partial charge in [0.2, 0.25) is 5.91 Å². The van der Waals surface area contributed by atoms with Gasteiger partial charge in [0.1, 0.15) is 0 Å². The first-order valence-corrected chi connectivity index (χ1v) is 8.31. The Labute approximate surface area is 134 Å². The topological polar surface area (TPSA) is 91.5 Å². The van der Waals surface area contributed by atoms with E-state index in [9.17, 15) is 4.79 Å². The van der Waals surface area contributed by atoms with Crippen molar-refractivity contribution < 1.29 is 4.79 Å². The van der Waals surface area contributed by atoms with Crippen molar-refractivity contribution in [1.82, 2.24) is 16.0 Å². The van der Waals surface area contributed by atoms with Crippen molar-refractivity contribution in [2.24, 2.45) is 10.7 Å². The van der Waals surface area contributed by atoms with Crippen molar-refractivity contribution in [1.29, 1.82) is 0 Å². The Morgan fingerprint density at radius 1 is 1.14 bits per heavy atom. The highest BCUT2D eigenvalue weighted by molar-refractivity contribution is 7.80. The van der Waals surface area contributed by atoms with Gasteiger partial charge in [0, 0.05) is 27.2 Å². The predicted molar refractivity (Wildman–Crippen MR) is 93.0 cm³/mol. The summed E-state index contributed by atoms with van der Waals surface area (Å²) in [7, 11) is 3.53. The van der Waals surface area contributed by atoms with Crippen LogP contribution in [0.4, 0.5) is 0 Å². The fourth-order valence-electron chi connectivity index (χ4n) is 1.87. The van der Waals surface area contributed by atoms with Crippen LogP contribution in [0.5, 0.6) is 0 Å². The molecule has 0 aromatic carbocycles. The average molecular weight is 318 g/mol. The van der Waals surface area contributed by atoms with Crippen LogP contribution in [0.25, 0.3) is 0 Å². The first kappa shape index (κ1) is 20.1. The lowest BCUT2D eigenvalue weighted by Crippen LogP contribution is -2.41. The first-order chi connectivity index (χ1) is 10.2. The van der Waals surface area contributed by atoms with Crippen LogP contribution in [0.1, 0.15) is 38.5 Å². The van der Waals surface area contributed by atoms with E-state index in [-0.39, 0.29) is 5.91 Å². The minimum absolute atomic E-state index is 0.0535. The molecule has 0 aromatic rings. The Morgan fingerprint density at radius 3 is 2.43 bits per heavy atom. The van der Waals surface area contributed by atoms with Gasteiger partial charge in [-0.1, -0.05) is 12.8 Å². The Kier molecular flexibility index (Phi) is 13.4. The lowest BCUT2D eigenvalue weighted by atomic mass is 10.1. The lowest BCUT2D eigenvalue weighted by molar-refractivity contribution is -0.122. The maximum atomic E-state index is 11.8. The molecule has 0 aliphatic carbocycles. The van der Waals surface area contributed by atoms with Crippen molar-refractivity contribution in [3.8, 4) is 0 Å². The van der Waals surface area contributed by atoms with E-state index in [4.69, 9.17) is 5.73 Å². The zero-order valence-electron chi connectivity index (χ0n) is 13.3. The number of hydrogen-bond donors (Lipinski definition) is 5. The normalized spacial score (nSPS) is 12.9. The van der Waals surface area contributed by atoms with Crippen LogP contribution in [-0.2, 0) is 4.79 Å². The van der Waals surface area contributed by atoms with Crippen LogP contribution in [-0.4, -0.2) is 50.8 Å². The van der Waals surface area contributed by atoms with Gasteiger partial charge in [-0.15, -0.1) is 0 Å². The molecule has 0 aromatic heterocycles. The average Bonchev–Trinajstić information content (AvgIpc) is 2.50. The Morgan fingerprint density at radius 2 is 1.81 bits per heavy atom. The van der Waals surface area contributed by atoms with E-state index in [0.29, 0.717) is 13.0 Å². The monoisotopic (exact) mass is 317 g/mol. The summed E-state index contributed by atoms with van der Waals surface area (Å²) in [5.41, 5.74) is 5.87. The molecule has 0 rings (SSSR count). The summed E-state index contributed by atoms with van der Waals surface area (Å²) in [6, 6.07) is -0.430. The number of rotatable bonds is 11. The number of carbonyl (C=O) groups excluding carboxylic acids is 1. The molecule has 0 bridgehead atoms. The van der Waals surface area contributed by atoms with E-state index in [2.05, 4.69) is 33.6 Å². The molecule has 0 heterocycles. The van der Waals surface area contributed by atoms with E-state index < -0.39 is 6.04 Å². The van der Waals surface area contributed by atoms with Gasteiger partial charge in [0.05, 0.1) is 6.04 Å². The molecule has 124 valence electrons. The van der Waals surface area contributed by atoms with E-state index in [1.54, 1.807) is 7.05 Å². The summed E-state index contributed by atoms with van der Waals surface area (Å²) in [5.74, 6) is 1.62. The van der Waals surface area contributed by atoms with E-state index in [0.717, 1.165) is 43.9 Å². The van der Waals surface area contributed by atoms with Crippen LogP contribution in [0.3, 0.4) is 0 Å². The van der Waals surface area contributed by atoms with Gasteiger partial charge >= 0.3 is 0 Å². The maximum absolute atomic E-state index is 11.8. The zero-order chi connectivity index (χ0) is 15.9. The molecule has 0 aliphatic heterocycles. The number of aliphatic imine (C=N–C) groups is 1. The molecule has 0 aliphatic rings. The van der Waals surface area contributed by atoms with E-state index >= 15 is 0 Å². The maximum Gasteiger partial charge on any atom is 0.236 e. The van der Waals surface area contributed by atoms with E-state index in [1.807, 2.05) is 7.05 Å². The fraction of sp³-hybridized carbons (Fsp3) is 0.857. The van der Waals surface area contributed by atoms with Crippen LogP contribution in [0.2, 0.25) is 0 Å². The number of thiol groups is 1. The van der Waals surface area contributed by atoms with E-state index in [1.165, 1.54) is 6.42 Å². The number of guanidine groups is 1. The summed E-state index contributed by atoms with van der Waals surface area (Å²) in [6.07, 6.45) is 5.94. The Hall–Kier alpha value is -0.950. The molecule has 0 spiro atoms. The highest BCUT2D eigenvalue weighted by Gasteiger charge is 2.11. The molecule has 1 atom stereocenters. The van der Waals surface area contributed by atoms with Crippen LogP contribution < -0.4 is 21.7 Å².